The number of aromatic nitrogens is 1. The zero-order valence-electron chi connectivity index (χ0n) is 14.5. The first kappa shape index (κ1) is 19.5. The van der Waals surface area contributed by atoms with Crippen LogP contribution >= 0.6 is 23.1 Å². The summed E-state index contributed by atoms with van der Waals surface area (Å²) >= 11 is 3.28. The van der Waals surface area contributed by atoms with Crippen LogP contribution in [-0.2, 0) is 10.5 Å². The number of hydrogen-bond donors (Lipinski definition) is 2. The maximum Gasteiger partial charge on any atom is 0.329 e. The van der Waals surface area contributed by atoms with E-state index in [0.29, 0.717) is 18.4 Å². The van der Waals surface area contributed by atoms with Crippen molar-refractivity contribution in [1.82, 2.24) is 10.3 Å². The van der Waals surface area contributed by atoms with Gasteiger partial charge >= 0.3 is 5.97 Å². The van der Waals surface area contributed by atoms with E-state index in [2.05, 4.69) is 10.3 Å². The van der Waals surface area contributed by atoms with Crippen molar-refractivity contribution in [2.45, 2.75) is 49.8 Å². The van der Waals surface area contributed by atoms with E-state index in [1.165, 1.54) is 6.92 Å². The van der Waals surface area contributed by atoms with Crippen LogP contribution in [0.4, 0.5) is 0 Å². The summed E-state index contributed by atoms with van der Waals surface area (Å²) in [6.07, 6.45) is 1.06. The normalized spacial score (nSPS) is 13.2. The third-order valence-corrected chi connectivity index (χ3v) is 5.65. The van der Waals surface area contributed by atoms with E-state index in [1.807, 2.05) is 31.4 Å². The molecule has 0 aliphatic heterocycles. The zero-order chi connectivity index (χ0) is 18.4. The number of nitrogens with one attached hydrogen (secondary N) is 1. The van der Waals surface area contributed by atoms with E-state index in [9.17, 15) is 14.7 Å². The minimum Gasteiger partial charge on any atom is -0.480 e. The number of carbonyl (C=O) groups is 2. The Labute approximate surface area is 155 Å². The van der Waals surface area contributed by atoms with Crippen LogP contribution in [0, 0.1) is 6.92 Å². The highest BCUT2D eigenvalue weighted by molar-refractivity contribution is 7.98. The molecule has 0 aliphatic rings. The van der Waals surface area contributed by atoms with Crippen molar-refractivity contribution in [2.75, 3.05) is 0 Å². The summed E-state index contributed by atoms with van der Waals surface area (Å²) in [4.78, 5) is 29.2. The smallest absolute Gasteiger partial charge is 0.329 e. The van der Waals surface area contributed by atoms with E-state index in [4.69, 9.17) is 0 Å². The fourth-order valence-electron chi connectivity index (χ4n) is 2.38. The Hall–Kier alpha value is -1.86. The minimum atomic E-state index is -1.25. The number of aliphatic carboxylic acids is 1. The molecule has 2 aromatic rings. The molecule has 1 heterocycles. The summed E-state index contributed by atoms with van der Waals surface area (Å²) in [7, 11) is 0. The first-order valence-electron chi connectivity index (χ1n) is 8.04. The molecule has 5 nitrogen and oxygen atoms in total. The molecule has 1 aromatic heterocycles. The Kier molecular flexibility index (Phi) is 6.61. The molecule has 25 heavy (non-hydrogen) atoms. The van der Waals surface area contributed by atoms with Crippen molar-refractivity contribution in [3.05, 3.63) is 45.9 Å². The predicted molar refractivity (Wildman–Crippen MR) is 101 cm³/mol. The predicted octanol–water partition coefficient (Wildman–Crippen LogP) is 4.12. The largest absolute Gasteiger partial charge is 0.480 e. The second kappa shape index (κ2) is 8.49. The molecule has 2 N–H and O–H groups in total. The maximum absolute atomic E-state index is 12.3. The number of carboxylic acids is 1. The van der Waals surface area contributed by atoms with Crippen LogP contribution < -0.4 is 5.32 Å². The van der Waals surface area contributed by atoms with Crippen LogP contribution in [0.5, 0.6) is 0 Å². The quantitative estimate of drug-likeness (QED) is 0.676. The van der Waals surface area contributed by atoms with Crippen molar-refractivity contribution in [3.8, 4) is 0 Å². The van der Waals surface area contributed by atoms with E-state index in [0.717, 1.165) is 21.3 Å². The van der Waals surface area contributed by atoms with Gasteiger partial charge in [-0.15, -0.1) is 23.1 Å². The highest BCUT2D eigenvalue weighted by Gasteiger charge is 2.33. The maximum atomic E-state index is 12.3. The topological polar surface area (TPSA) is 79.3 Å². The highest BCUT2D eigenvalue weighted by atomic mass is 32.2. The number of carboxylic acid groups (broad SMARTS) is 1. The first-order chi connectivity index (χ1) is 11.8. The molecular formula is C18H22N2O3S2. The zero-order valence-corrected chi connectivity index (χ0v) is 16.2. The number of hydrogen-bond acceptors (Lipinski definition) is 5. The number of carbonyl (C=O) groups excluding carboxylic acids is 1. The second-order valence-corrected chi connectivity index (χ2v) is 8.12. The Balaban J connectivity index is 1.98. The third kappa shape index (κ3) is 5.31. The van der Waals surface area contributed by atoms with Gasteiger partial charge in [0.15, 0.2) is 0 Å². The van der Waals surface area contributed by atoms with Gasteiger partial charge in [0.2, 0.25) is 0 Å². The summed E-state index contributed by atoms with van der Waals surface area (Å²) in [5, 5.41) is 15.1. The number of benzene rings is 1. The molecule has 0 saturated heterocycles. The highest BCUT2D eigenvalue weighted by Crippen LogP contribution is 2.24. The van der Waals surface area contributed by atoms with Crippen LogP contribution in [0.2, 0.25) is 0 Å². The molecule has 0 fully saturated rings. The number of thiazole rings is 1. The van der Waals surface area contributed by atoms with Crippen LogP contribution in [0.15, 0.2) is 34.5 Å². The minimum absolute atomic E-state index is 0.370. The lowest BCUT2D eigenvalue weighted by molar-refractivity contribution is -0.144. The van der Waals surface area contributed by atoms with Crippen molar-refractivity contribution < 1.29 is 14.7 Å². The van der Waals surface area contributed by atoms with Crippen molar-refractivity contribution in [2.24, 2.45) is 0 Å². The van der Waals surface area contributed by atoms with Crippen LogP contribution in [0.25, 0.3) is 0 Å². The molecule has 1 aromatic carbocycles. The van der Waals surface area contributed by atoms with Crippen LogP contribution in [0.3, 0.4) is 0 Å². The average Bonchev–Trinajstić information content (AvgIpc) is 2.99. The molecule has 2 rings (SSSR count). The summed E-state index contributed by atoms with van der Waals surface area (Å²) in [5.74, 6) is -0.609. The van der Waals surface area contributed by atoms with E-state index in [-0.39, 0.29) is 5.91 Å². The molecular weight excluding hydrogens is 356 g/mol. The van der Waals surface area contributed by atoms with E-state index in [1.54, 1.807) is 35.2 Å². The van der Waals surface area contributed by atoms with Gasteiger partial charge in [-0.25, -0.2) is 9.78 Å². The summed E-state index contributed by atoms with van der Waals surface area (Å²) < 4.78 is 0. The van der Waals surface area contributed by atoms with Crippen molar-refractivity contribution >= 4 is 35.0 Å². The van der Waals surface area contributed by atoms with Gasteiger partial charge in [0.05, 0.1) is 10.7 Å². The Morgan fingerprint density at radius 2 is 2.00 bits per heavy atom. The lowest BCUT2D eigenvalue weighted by Gasteiger charge is -2.25. The molecule has 1 atom stereocenters. The van der Waals surface area contributed by atoms with Gasteiger partial charge in [-0.05, 0) is 44.5 Å². The molecule has 1 unspecified atom stereocenters. The fraction of sp³-hybridized carbons (Fsp3) is 0.389. The third-order valence-electron chi connectivity index (χ3n) is 3.78. The molecule has 0 spiro atoms. The standard InChI is InChI=1S/C18H22N2O3S2/c1-4-9-18(3,17(22)23)20-16(21)13-5-7-15(8-6-13)25-11-14-10-24-12(2)19-14/h5-8,10H,4,9,11H2,1-3H3,(H,20,21)(H,22,23). The van der Waals surface area contributed by atoms with Gasteiger partial charge in [-0.2, -0.15) is 0 Å². The number of amides is 1. The molecule has 0 radical (unpaired) electrons. The summed E-state index contributed by atoms with van der Waals surface area (Å²) in [6.45, 7) is 5.41. The average molecular weight is 379 g/mol. The summed E-state index contributed by atoms with van der Waals surface area (Å²) in [5.41, 5.74) is 0.255. The molecule has 1 amide bonds. The number of thioether (sulfide) groups is 1. The van der Waals surface area contributed by atoms with Gasteiger partial charge in [-0.1, -0.05) is 13.3 Å². The van der Waals surface area contributed by atoms with Gasteiger partial charge in [0, 0.05) is 21.6 Å². The van der Waals surface area contributed by atoms with Gasteiger partial charge in [-0.3, -0.25) is 4.79 Å². The number of nitrogens with zero attached hydrogens (tertiary/aromatic N) is 1. The number of rotatable bonds is 8. The van der Waals surface area contributed by atoms with Crippen LogP contribution in [0.1, 0.15) is 47.7 Å². The molecule has 0 saturated carbocycles. The lowest BCUT2D eigenvalue weighted by Crippen LogP contribution is -2.52. The Morgan fingerprint density at radius 1 is 1.32 bits per heavy atom. The molecule has 0 aliphatic carbocycles. The Bertz CT molecular complexity index is 743. The SMILES string of the molecule is CCCC(C)(NC(=O)c1ccc(SCc2csc(C)n2)cc1)C(=O)O. The van der Waals surface area contributed by atoms with Crippen molar-refractivity contribution in [1.29, 1.82) is 0 Å². The van der Waals surface area contributed by atoms with Gasteiger partial charge in [0.1, 0.15) is 5.54 Å². The summed E-state index contributed by atoms with van der Waals surface area (Å²) in [6, 6.07) is 7.18. The monoisotopic (exact) mass is 378 g/mol. The van der Waals surface area contributed by atoms with Gasteiger partial charge < -0.3 is 10.4 Å². The molecule has 0 bridgehead atoms. The molecule has 7 heteroatoms. The van der Waals surface area contributed by atoms with Crippen molar-refractivity contribution in [3.63, 3.8) is 0 Å². The number of aryl methyl sites for hydroxylation is 1. The Morgan fingerprint density at radius 3 is 2.52 bits per heavy atom. The van der Waals surface area contributed by atoms with E-state index >= 15 is 0 Å². The second-order valence-electron chi connectivity index (χ2n) is 6.01. The fourth-order valence-corrected chi connectivity index (χ4v) is 3.89. The lowest BCUT2D eigenvalue weighted by atomic mass is 9.96. The van der Waals surface area contributed by atoms with Crippen LogP contribution in [-0.4, -0.2) is 27.5 Å². The van der Waals surface area contributed by atoms with Gasteiger partial charge in [0.25, 0.3) is 5.91 Å². The molecule has 134 valence electrons. The first-order valence-corrected chi connectivity index (χ1v) is 9.90. The van der Waals surface area contributed by atoms with E-state index < -0.39 is 11.5 Å².